The van der Waals surface area contributed by atoms with Crippen molar-refractivity contribution in [2.45, 2.75) is 40.0 Å². The highest BCUT2D eigenvalue weighted by molar-refractivity contribution is 5.03. The zero-order chi connectivity index (χ0) is 15.0. The summed E-state index contributed by atoms with van der Waals surface area (Å²) >= 11 is -0.563. The Balaban J connectivity index is 2.28. The second-order valence-corrected chi connectivity index (χ2v) is 8.39. The molecule has 17 heavy (non-hydrogen) atoms. The van der Waals surface area contributed by atoms with Crippen molar-refractivity contribution in [3.63, 3.8) is 0 Å². The molecule has 0 fully saturated rings. The third-order valence-electron chi connectivity index (χ3n) is 3.17. The Morgan fingerprint density at radius 2 is 2.00 bits per heavy atom. The molecular formula is C16H22I+. The zero-order valence-electron chi connectivity index (χ0n) is 13.8. The summed E-state index contributed by atoms with van der Waals surface area (Å²) in [6, 6.07) is 10.6. The van der Waals surface area contributed by atoms with E-state index in [-0.39, 0.29) is 11.3 Å². The summed E-state index contributed by atoms with van der Waals surface area (Å²) in [4.78, 5) is 0. The molecule has 0 amide bonds. The average molecular weight is 344 g/mol. The molecule has 0 heterocycles. The lowest BCUT2D eigenvalue weighted by molar-refractivity contribution is -0.579. The van der Waals surface area contributed by atoms with Gasteiger partial charge in [-0.1, -0.05) is 39.0 Å². The lowest BCUT2D eigenvalue weighted by Gasteiger charge is -2.31. The fourth-order valence-corrected chi connectivity index (χ4v) is 4.05. The van der Waals surface area contributed by atoms with Crippen molar-refractivity contribution in [1.29, 1.82) is 0 Å². The van der Waals surface area contributed by atoms with Gasteiger partial charge in [0.05, 0.1) is 1.37 Å². The Hall–Kier alpha value is -0.310. The molecule has 1 atom stereocenters. The molecule has 0 saturated heterocycles. The van der Waals surface area contributed by atoms with Crippen molar-refractivity contribution in [2.75, 3.05) is 0 Å². The van der Waals surface area contributed by atoms with Crippen molar-refractivity contribution < 1.29 is 25.3 Å². The second-order valence-electron chi connectivity index (χ2n) is 5.53. The third kappa shape index (κ3) is 3.84. The Bertz CT molecular complexity index is 500. The number of hydrogen-bond acceptors (Lipinski definition) is 0. The molecule has 0 saturated carbocycles. The highest BCUT2D eigenvalue weighted by Crippen LogP contribution is 2.35. The van der Waals surface area contributed by atoms with Crippen LogP contribution >= 0.6 is 0 Å². The number of allylic oxidation sites excluding steroid dienone is 2. The molecule has 2 rings (SSSR count). The van der Waals surface area contributed by atoms with Gasteiger partial charge in [0.2, 0.25) is 0 Å². The van der Waals surface area contributed by atoms with E-state index in [2.05, 4.69) is 32.9 Å². The summed E-state index contributed by atoms with van der Waals surface area (Å²) in [5, 5.41) is 0. The van der Waals surface area contributed by atoms with E-state index in [1.807, 2.05) is 18.2 Å². The van der Waals surface area contributed by atoms with Crippen LogP contribution in [0.1, 0.15) is 44.1 Å². The van der Waals surface area contributed by atoms with E-state index in [4.69, 9.17) is 4.11 Å². The molecule has 0 aliphatic heterocycles. The minimum atomic E-state index is -1.31. The van der Waals surface area contributed by atoms with Gasteiger partial charge in [-0.2, -0.15) is 0 Å². The Morgan fingerprint density at radius 3 is 2.59 bits per heavy atom. The summed E-state index contributed by atoms with van der Waals surface area (Å²) in [5.74, 6) is 0.258. The first-order valence-electron chi connectivity index (χ1n) is 7.60. The van der Waals surface area contributed by atoms with Crippen molar-refractivity contribution >= 4 is 0 Å². The van der Waals surface area contributed by atoms with Crippen LogP contribution in [0, 0.1) is 14.9 Å². The van der Waals surface area contributed by atoms with E-state index in [0.717, 1.165) is 10.0 Å². The van der Waals surface area contributed by atoms with Crippen LogP contribution in [0.3, 0.4) is 0 Å². The van der Waals surface area contributed by atoms with Crippen molar-refractivity contribution in [3.05, 3.63) is 43.5 Å². The predicted octanol–water partition coefficient (Wildman–Crippen LogP) is 1.68. The van der Waals surface area contributed by atoms with Crippen LogP contribution in [-0.4, -0.2) is 0 Å². The molecule has 1 unspecified atom stereocenters. The molecule has 1 aromatic carbocycles. The smallest absolute Gasteiger partial charge is 0.0619 e. The first kappa shape index (κ1) is 9.60. The SMILES string of the molecule is [2H]C1=C([I+]c2ccccc2)C([2H])([2H])CC(C(C)(C)C)C1. The summed E-state index contributed by atoms with van der Waals surface area (Å²) < 4.78 is 27.1. The standard InChI is InChI=1S/C16H22I/c1-16(2,3)13-9-11-15(12-10-13)17-14-7-5-4-6-8-14/h4-8,11,13H,9-10,12H2,1-3H3/q+1/i11D,12D2. The van der Waals surface area contributed by atoms with Gasteiger partial charge in [0.25, 0.3) is 0 Å². The monoisotopic (exact) mass is 344 g/mol. The van der Waals surface area contributed by atoms with Crippen molar-refractivity contribution in [2.24, 2.45) is 11.3 Å². The Kier molecular flexibility index (Phi) is 3.14. The third-order valence-corrected chi connectivity index (χ3v) is 5.81. The van der Waals surface area contributed by atoms with Crippen molar-refractivity contribution in [1.82, 2.24) is 0 Å². The van der Waals surface area contributed by atoms with Gasteiger partial charge < -0.3 is 0 Å². The largest absolute Gasteiger partial charge is 0.352 e. The maximum absolute atomic E-state index is 8.39. The van der Waals surface area contributed by atoms with Gasteiger partial charge in [0.15, 0.2) is 7.15 Å². The maximum atomic E-state index is 8.39. The number of benzene rings is 1. The number of hydrogen-bond donors (Lipinski definition) is 0. The van der Waals surface area contributed by atoms with Gasteiger partial charge in [-0.05, 0) is 42.4 Å². The molecule has 92 valence electrons. The number of halogens is 1. The average Bonchev–Trinajstić information content (AvgIpc) is 2.33. The van der Waals surface area contributed by atoms with E-state index in [1.54, 1.807) is 0 Å². The molecule has 0 nitrogen and oxygen atoms in total. The van der Waals surface area contributed by atoms with Crippen LogP contribution < -0.4 is 21.2 Å². The van der Waals surface area contributed by atoms with Gasteiger partial charge in [0.1, 0.15) is 0 Å². The highest BCUT2D eigenvalue weighted by atomic mass is 127. The van der Waals surface area contributed by atoms with Crippen LogP contribution in [0.25, 0.3) is 0 Å². The lowest BCUT2D eigenvalue weighted by atomic mass is 9.74. The molecular weight excluding hydrogens is 319 g/mol. The first-order chi connectivity index (χ1) is 9.20. The number of rotatable bonds is 2. The van der Waals surface area contributed by atoms with E-state index in [1.165, 1.54) is 3.57 Å². The molecule has 0 aromatic heterocycles. The van der Waals surface area contributed by atoms with Crippen LogP contribution in [-0.2, 0) is 0 Å². The Labute approximate surface area is 120 Å². The van der Waals surface area contributed by atoms with Crippen LogP contribution in [0.4, 0.5) is 0 Å². The quantitative estimate of drug-likeness (QED) is 0.716. The lowest BCUT2D eigenvalue weighted by Crippen LogP contribution is -3.61. The molecule has 1 heteroatoms. The zero-order valence-corrected chi connectivity index (χ0v) is 12.9. The van der Waals surface area contributed by atoms with E-state index >= 15 is 0 Å². The summed E-state index contributed by atoms with van der Waals surface area (Å²) in [7, 11) is 0. The van der Waals surface area contributed by atoms with E-state index in [9.17, 15) is 0 Å². The topological polar surface area (TPSA) is 0 Å². The van der Waals surface area contributed by atoms with E-state index < -0.39 is 27.6 Å². The molecule has 0 bridgehead atoms. The minimum Gasteiger partial charge on any atom is -0.0619 e. The highest BCUT2D eigenvalue weighted by Gasteiger charge is 2.30. The molecule has 1 aromatic rings. The maximum Gasteiger partial charge on any atom is 0.352 e. The fourth-order valence-electron chi connectivity index (χ4n) is 1.83. The fraction of sp³-hybridized carbons (Fsp3) is 0.500. The predicted molar refractivity (Wildman–Crippen MR) is 70.0 cm³/mol. The van der Waals surface area contributed by atoms with E-state index in [0.29, 0.717) is 12.5 Å². The van der Waals surface area contributed by atoms with Crippen molar-refractivity contribution in [3.8, 4) is 0 Å². The van der Waals surface area contributed by atoms with Gasteiger partial charge in [0, 0.05) is 9.11 Å². The van der Waals surface area contributed by atoms with Gasteiger partial charge in [-0.3, -0.25) is 0 Å². The van der Waals surface area contributed by atoms with Crippen LogP contribution in [0.15, 0.2) is 40.0 Å². The molecule has 0 N–H and O–H groups in total. The Morgan fingerprint density at radius 1 is 1.29 bits per heavy atom. The molecule has 1 aliphatic carbocycles. The second kappa shape index (κ2) is 5.55. The van der Waals surface area contributed by atoms with Gasteiger partial charge >= 0.3 is 21.2 Å². The summed E-state index contributed by atoms with van der Waals surface area (Å²) in [5.41, 5.74) is 0.0657. The molecule has 0 radical (unpaired) electrons. The van der Waals surface area contributed by atoms with Crippen LogP contribution in [0.5, 0.6) is 0 Å². The first-order valence-corrected chi connectivity index (χ1v) is 8.26. The summed E-state index contributed by atoms with van der Waals surface area (Å²) in [6.07, 6.45) is -0.0257. The van der Waals surface area contributed by atoms with Gasteiger partial charge in [-0.25, -0.2) is 0 Å². The molecule has 1 aliphatic rings. The molecule has 0 spiro atoms. The normalized spacial score (nSPS) is 27.2. The summed E-state index contributed by atoms with van der Waals surface area (Å²) in [6.45, 7) is 6.45. The van der Waals surface area contributed by atoms with Crippen LogP contribution in [0.2, 0.25) is 0 Å². The van der Waals surface area contributed by atoms with Gasteiger partial charge in [-0.15, -0.1) is 0 Å². The minimum absolute atomic E-state index is 0.0657.